The molecule has 0 spiro atoms. The van der Waals surface area contributed by atoms with Crippen LogP contribution in [0.4, 0.5) is 5.13 Å². The second-order valence-electron chi connectivity index (χ2n) is 7.69. The van der Waals surface area contributed by atoms with Gasteiger partial charge in [-0.05, 0) is 30.5 Å². The second kappa shape index (κ2) is 10.9. The normalized spacial score (nSPS) is 14.8. The van der Waals surface area contributed by atoms with E-state index < -0.39 is 0 Å². The van der Waals surface area contributed by atoms with Gasteiger partial charge in [0, 0.05) is 30.5 Å². The number of hydrogen-bond acceptors (Lipinski definition) is 6. The van der Waals surface area contributed by atoms with Gasteiger partial charge in [0.25, 0.3) is 5.91 Å². The summed E-state index contributed by atoms with van der Waals surface area (Å²) in [5.41, 5.74) is 3.41. The van der Waals surface area contributed by atoms with Crippen LogP contribution in [-0.4, -0.2) is 32.6 Å². The zero-order valence-electron chi connectivity index (χ0n) is 18.1. The minimum absolute atomic E-state index is 0.102. The SMILES string of the molecule is Cc1cccc(Cc2cnc(NC(=O)CCCN3C(=O)C(=Cc4ccccc4)SC3=S)s2)c1. The van der Waals surface area contributed by atoms with Crippen LogP contribution in [0.15, 0.2) is 65.7 Å². The number of thioether (sulfide) groups is 1. The van der Waals surface area contributed by atoms with Crippen LogP contribution in [0.25, 0.3) is 6.08 Å². The molecular formula is C25H23N3O2S3. The van der Waals surface area contributed by atoms with Gasteiger partial charge >= 0.3 is 0 Å². The summed E-state index contributed by atoms with van der Waals surface area (Å²) in [5, 5.41) is 3.46. The van der Waals surface area contributed by atoms with Gasteiger partial charge in [0.15, 0.2) is 5.13 Å². The number of carbonyl (C=O) groups excluding carboxylic acids is 2. The molecule has 1 aliphatic rings. The third kappa shape index (κ3) is 6.37. The van der Waals surface area contributed by atoms with Crippen molar-refractivity contribution in [2.24, 2.45) is 0 Å². The highest BCUT2D eigenvalue weighted by atomic mass is 32.2. The molecule has 1 fully saturated rings. The molecule has 4 rings (SSSR count). The van der Waals surface area contributed by atoms with Gasteiger partial charge in [0.2, 0.25) is 5.91 Å². The molecule has 0 bridgehead atoms. The Labute approximate surface area is 206 Å². The maximum atomic E-state index is 12.7. The number of nitrogens with zero attached hydrogens (tertiary/aromatic N) is 2. The van der Waals surface area contributed by atoms with Gasteiger partial charge in [-0.25, -0.2) is 4.98 Å². The van der Waals surface area contributed by atoms with Gasteiger partial charge in [-0.2, -0.15) is 0 Å². The van der Waals surface area contributed by atoms with Crippen molar-refractivity contribution in [2.75, 3.05) is 11.9 Å². The number of rotatable bonds is 8. The van der Waals surface area contributed by atoms with Crippen LogP contribution in [0.1, 0.15) is 34.4 Å². The Hall–Kier alpha value is -2.81. The summed E-state index contributed by atoms with van der Waals surface area (Å²) in [6, 6.07) is 18.0. The number of thiazole rings is 1. The van der Waals surface area contributed by atoms with Crippen LogP contribution in [0.5, 0.6) is 0 Å². The summed E-state index contributed by atoms with van der Waals surface area (Å²) in [5.74, 6) is -0.216. The minimum atomic E-state index is -0.114. The fourth-order valence-electron chi connectivity index (χ4n) is 3.44. The number of carbonyl (C=O) groups is 2. The van der Waals surface area contributed by atoms with E-state index in [-0.39, 0.29) is 11.8 Å². The molecule has 1 aliphatic heterocycles. The van der Waals surface area contributed by atoms with Gasteiger partial charge in [0.05, 0.1) is 4.91 Å². The lowest BCUT2D eigenvalue weighted by atomic mass is 10.1. The predicted molar refractivity (Wildman–Crippen MR) is 140 cm³/mol. The van der Waals surface area contributed by atoms with Crippen molar-refractivity contribution in [3.8, 4) is 0 Å². The minimum Gasteiger partial charge on any atom is -0.302 e. The summed E-state index contributed by atoms with van der Waals surface area (Å²) in [4.78, 5) is 32.7. The number of amides is 2. The van der Waals surface area contributed by atoms with Gasteiger partial charge in [-0.1, -0.05) is 84.1 Å². The van der Waals surface area contributed by atoms with Crippen molar-refractivity contribution >= 4 is 62.7 Å². The largest absolute Gasteiger partial charge is 0.302 e. The molecule has 0 saturated carbocycles. The quantitative estimate of drug-likeness (QED) is 0.324. The van der Waals surface area contributed by atoms with E-state index in [0.717, 1.165) is 16.9 Å². The third-order valence-electron chi connectivity index (χ3n) is 5.02. The summed E-state index contributed by atoms with van der Waals surface area (Å²) < 4.78 is 0.531. The zero-order chi connectivity index (χ0) is 23.2. The molecule has 2 amide bonds. The maximum absolute atomic E-state index is 12.7. The number of hydrogen-bond donors (Lipinski definition) is 1. The van der Waals surface area contributed by atoms with Crippen LogP contribution < -0.4 is 5.32 Å². The van der Waals surface area contributed by atoms with Crippen LogP contribution in [0.3, 0.4) is 0 Å². The van der Waals surface area contributed by atoms with E-state index in [1.165, 1.54) is 34.2 Å². The predicted octanol–water partition coefficient (Wildman–Crippen LogP) is 5.66. The van der Waals surface area contributed by atoms with Crippen molar-refractivity contribution in [2.45, 2.75) is 26.2 Å². The van der Waals surface area contributed by atoms with Crippen molar-refractivity contribution in [1.82, 2.24) is 9.88 Å². The average molecular weight is 494 g/mol. The molecule has 0 atom stereocenters. The van der Waals surface area contributed by atoms with Gasteiger partial charge in [0.1, 0.15) is 4.32 Å². The third-order valence-corrected chi connectivity index (χ3v) is 7.31. The Morgan fingerprint density at radius 3 is 2.79 bits per heavy atom. The van der Waals surface area contributed by atoms with E-state index >= 15 is 0 Å². The Kier molecular flexibility index (Phi) is 7.69. The second-order valence-corrected chi connectivity index (χ2v) is 10.5. The van der Waals surface area contributed by atoms with Crippen LogP contribution in [-0.2, 0) is 16.0 Å². The summed E-state index contributed by atoms with van der Waals surface area (Å²) in [7, 11) is 0. The van der Waals surface area contributed by atoms with Crippen molar-refractivity contribution < 1.29 is 9.59 Å². The maximum Gasteiger partial charge on any atom is 0.266 e. The molecule has 0 radical (unpaired) electrons. The lowest BCUT2D eigenvalue weighted by Gasteiger charge is -2.13. The van der Waals surface area contributed by atoms with Crippen molar-refractivity contribution in [3.63, 3.8) is 0 Å². The molecular weight excluding hydrogens is 470 g/mol. The Morgan fingerprint density at radius 2 is 2.00 bits per heavy atom. The monoisotopic (exact) mass is 493 g/mol. The molecule has 33 heavy (non-hydrogen) atoms. The standard InChI is InChI=1S/C25H23N3O2S3/c1-17-7-5-10-19(13-17)14-20-16-26-24(32-20)27-22(29)11-6-12-28-23(30)21(33-25(28)31)15-18-8-3-2-4-9-18/h2-5,7-10,13,15-16H,6,11-12,14H2,1H3,(H,26,27,29). The molecule has 0 aliphatic carbocycles. The van der Waals surface area contributed by atoms with Gasteiger partial charge in [-0.3, -0.25) is 14.5 Å². The topological polar surface area (TPSA) is 62.3 Å². The first-order chi connectivity index (χ1) is 16.0. The molecule has 168 valence electrons. The highest BCUT2D eigenvalue weighted by Gasteiger charge is 2.31. The highest BCUT2D eigenvalue weighted by Crippen LogP contribution is 2.32. The Morgan fingerprint density at radius 1 is 1.18 bits per heavy atom. The Balaban J connectivity index is 1.25. The average Bonchev–Trinajstić information content (AvgIpc) is 3.33. The lowest BCUT2D eigenvalue weighted by Crippen LogP contribution is -2.29. The fourth-order valence-corrected chi connectivity index (χ4v) is 5.61. The molecule has 2 aromatic carbocycles. The van der Waals surface area contributed by atoms with Crippen LogP contribution in [0, 0.1) is 6.92 Å². The first kappa shape index (κ1) is 23.4. The van der Waals surface area contributed by atoms with E-state index in [2.05, 4.69) is 35.4 Å². The van der Waals surface area contributed by atoms with Gasteiger partial charge < -0.3 is 5.32 Å². The first-order valence-electron chi connectivity index (χ1n) is 10.6. The lowest BCUT2D eigenvalue weighted by molar-refractivity contribution is -0.122. The van der Waals surface area contributed by atoms with E-state index in [9.17, 15) is 9.59 Å². The highest BCUT2D eigenvalue weighted by molar-refractivity contribution is 8.26. The van der Waals surface area contributed by atoms with Gasteiger partial charge in [-0.15, -0.1) is 11.3 Å². The number of aromatic nitrogens is 1. The van der Waals surface area contributed by atoms with Crippen molar-refractivity contribution in [3.05, 3.63) is 87.3 Å². The van der Waals surface area contributed by atoms with E-state index in [4.69, 9.17) is 12.2 Å². The molecule has 3 aromatic rings. The molecule has 1 N–H and O–H groups in total. The fraction of sp³-hybridized carbons (Fsp3) is 0.200. The van der Waals surface area contributed by atoms with Crippen LogP contribution >= 0.6 is 35.3 Å². The molecule has 8 heteroatoms. The first-order valence-corrected chi connectivity index (χ1v) is 12.6. The Bertz CT molecular complexity index is 1200. The molecule has 0 unspecified atom stereocenters. The number of benzene rings is 2. The summed E-state index contributed by atoms with van der Waals surface area (Å²) in [6.07, 6.45) is 5.27. The van der Waals surface area contributed by atoms with Crippen molar-refractivity contribution in [1.29, 1.82) is 0 Å². The smallest absolute Gasteiger partial charge is 0.266 e. The summed E-state index contributed by atoms with van der Waals surface area (Å²) >= 11 is 8.16. The zero-order valence-corrected chi connectivity index (χ0v) is 20.6. The molecule has 1 aromatic heterocycles. The number of aryl methyl sites for hydroxylation is 1. The van der Waals surface area contributed by atoms with E-state index in [1.54, 1.807) is 4.90 Å². The number of thiocarbonyl (C=S) groups is 1. The summed E-state index contributed by atoms with van der Waals surface area (Å²) in [6.45, 7) is 2.49. The van der Waals surface area contributed by atoms with E-state index in [1.807, 2.05) is 48.7 Å². The molecule has 1 saturated heterocycles. The molecule has 5 nitrogen and oxygen atoms in total. The van der Waals surface area contributed by atoms with E-state index in [0.29, 0.717) is 33.7 Å². The number of anilines is 1. The number of nitrogens with one attached hydrogen (secondary N) is 1. The molecule has 2 heterocycles. The van der Waals surface area contributed by atoms with Crippen LogP contribution in [0.2, 0.25) is 0 Å².